The highest BCUT2D eigenvalue weighted by Gasteiger charge is 2.31. The molecule has 0 aromatic carbocycles. The van der Waals surface area contributed by atoms with Crippen LogP contribution in [-0.2, 0) is 4.79 Å². The number of amides is 1. The Morgan fingerprint density at radius 1 is 1.38 bits per heavy atom. The van der Waals surface area contributed by atoms with Gasteiger partial charge in [-0.3, -0.25) is 9.78 Å². The molecule has 0 bridgehead atoms. The topological polar surface area (TPSA) is 59.2 Å². The van der Waals surface area contributed by atoms with Crippen LogP contribution in [0.1, 0.15) is 57.6 Å². The van der Waals surface area contributed by atoms with E-state index >= 15 is 0 Å². The molecule has 2 N–H and O–H groups in total. The molecule has 0 aliphatic carbocycles. The first kappa shape index (κ1) is 16.0. The fourth-order valence-corrected chi connectivity index (χ4v) is 3.12. The van der Waals surface area contributed by atoms with E-state index in [0.29, 0.717) is 5.91 Å². The zero-order valence-corrected chi connectivity index (χ0v) is 13.2. The maximum absolute atomic E-state index is 12.7. The summed E-state index contributed by atoms with van der Waals surface area (Å²) in [5.74, 6) is 0.380. The zero-order valence-electron chi connectivity index (χ0n) is 13.2. The fourth-order valence-electron chi connectivity index (χ4n) is 3.12. The van der Waals surface area contributed by atoms with E-state index in [1.54, 1.807) is 0 Å². The summed E-state index contributed by atoms with van der Waals surface area (Å²) in [6.45, 7) is 4.95. The van der Waals surface area contributed by atoms with Crippen molar-refractivity contribution in [1.82, 2.24) is 9.88 Å². The van der Waals surface area contributed by atoms with Crippen molar-refractivity contribution in [3.63, 3.8) is 0 Å². The molecule has 2 heterocycles. The number of carbonyl (C=O) groups is 1. The van der Waals surface area contributed by atoms with Crippen molar-refractivity contribution in [2.24, 2.45) is 11.7 Å². The Morgan fingerprint density at radius 3 is 2.76 bits per heavy atom. The van der Waals surface area contributed by atoms with Crippen molar-refractivity contribution in [2.45, 2.75) is 58.0 Å². The van der Waals surface area contributed by atoms with Crippen molar-refractivity contribution in [3.05, 3.63) is 30.1 Å². The third-order valence-corrected chi connectivity index (χ3v) is 4.34. The lowest BCUT2D eigenvalue weighted by molar-refractivity contribution is -0.136. The number of hydrogen-bond donors (Lipinski definition) is 1. The van der Waals surface area contributed by atoms with Gasteiger partial charge in [0.05, 0.1) is 6.04 Å². The normalized spacial score (nSPS) is 21.3. The molecule has 3 unspecified atom stereocenters. The van der Waals surface area contributed by atoms with Gasteiger partial charge in [-0.2, -0.15) is 0 Å². The van der Waals surface area contributed by atoms with Gasteiger partial charge in [0, 0.05) is 30.9 Å². The van der Waals surface area contributed by atoms with Crippen molar-refractivity contribution in [3.8, 4) is 0 Å². The number of hydrogen-bond acceptors (Lipinski definition) is 3. The van der Waals surface area contributed by atoms with Crippen LogP contribution in [0.3, 0.4) is 0 Å². The number of aromatic nitrogens is 1. The second-order valence-electron chi connectivity index (χ2n) is 6.28. The van der Waals surface area contributed by atoms with Gasteiger partial charge in [0.1, 0.15) is 0 Å². The summed E-state index contributed by atoms with van der Waals surface area (Å²) < 4.78 is 0. The summed E-state index contributed by atoms with van der Waals surface area (Å²) in [6.07, 6.45) is 8.71. The monoisotopic (exact) mass is 289 g/mol. The Morgan fingerprint density at radius 2 is 2.10 bits per heavy atom. The van der Waals surface area contributed by atoms with Gasteiger partial charge in [-0.05, 0) is 50.3 Å². The van der Waals surface area contributed by atoms with Gasteiger partial charge in [-0.25, -0.2) is 0 Å². The van der Waals surface area contributed by atoms with Crippen LogP contribution in [0.25, 0.3) is 0 Å². The van der Waals surface area contributed by atoms with E-state index in [9.17, 15) is 4.79 Å². The van der Waals surface area contributed by atoms with E-state index in [0.717, 1.165) is 38.6 Å². The van der Waals surface area contributed by atoms with Crippen LogP contribution in [0.4, 0.5) is 0 Å². The molecular weight excluding hydrogens is 262 g/mol. The number of nitrogens with two attached hydrogens (primary N) is 1. The largest absolute Gasteiger partial charge is 0.335 e. The predicted molar refractivity (Wildman–Crippen MR) is 84.6 cm³/mol. The number of rotatable bonds is 6. The molecule has 1 aliphatic heterocycles. The third kappa shape index (κ3) is 4.27. The second kappa shape index (κ2) is 7.55. The van der Waals surface area contributed by atoms with Gasteiger partial charge in [0.2, 0.25) is 5.91 Å². The fraction of sp³-hybridized carbons (Fsp3) is 0.647. The molecule has 0 spiro atoms. The van der Waals surface area contributed by atoms with Crippen LogP contribution in [-0.4, -0.2) is 28.4 Å². The first-order valence-electron chi connectivity index (χ1n) is 8.05. The highest BCUT2D eigenvalue weighted by molar-refractivity contribution is 5.79. The Balaban J connectivity index is 1.94. The molecule has 4 heteroatoms. The molecule has 1 aliphatic rings. The summed E-state index contributed by atoms with van der Waals surface area (Å²) in [7, 11) is 0. The standard InChI is InChI=1S/C17H27N3O/c1-13(5-3-6-14(2)18)17(21)20-12-4-7-16(20)15-8-10-19-11-9-15/h8-11,13-14,16H,3-7,12,18H2,1-2H3. The van der Waals surface area contributed by atoms with Crippen LogP contribution in [0, 0.1) is 5.92 Å². The molecule has 1 saturated heterocycles. The lowest BCUT2D eigenvalue weighted by Crippen LogP contribution is -2.34. The van der Waals surface area contributed by atoms with Crippen molar-refractivity contribution < 1.29 is 4.79 Å². The lowest BCUT2D eigenvalue weighted by atomic mass is 9.99. The van der Waals surface area contributed by atoms with E-state index in [1.165, 1.54) is 5.56 Å². The van der Waals surface area contributed by atoms with Crippen molar-refractivity contribution in [2.75, 3.05) is 6.54 Å². The maximum atomic E-state index is 12.7. The quantitative estimate of drug-likeness (QED) is 0.876. The van der Waals surface area contributed by atoms with Crippen molar-refractivity contribution in [1.29, 1.82) is 0 Å². The highest BCUT2D eigenvalue weighted by atomic mass is 16.2. The first-order chi connectivity index (χ1) is 10.1. The molecule has 116 valence electrons. The van der Waals surface area contributed by atoms with Gasteiger partial charge < -0.3 is 10.6 Å². The van der Waals surface area contributed by atoms with Crippen LogP contribution in [0.2, 0.25) is 0 Å². The Bertz CT molecular complexity index is 447. The smallest absolute Gasteiger partial charge is 0.225 e. The zero-order chi connectivity index (χ0) is 15.2. The molecule has 3 atom stereocenters. The van der Waals surface area contributed by atoms with Crippen LogP contribution in [0.5, 0.6) is 0 Å². The molecule has 2 rings (SSSR count). The molecule has 0 saturated carbocycles. The minimum Gasteiger partial charge on any atom is -0.335 e. The van der Waals surface area contributed by atoms with Crippen molar-refractivity contribution >= 4 is 5.91 Å². The minimum absolute atomic E-state index is 0.0891. The Hall–Kier alpha value is -1.42. The lowest BCUT2D eigenvalue weighted by Gasteiger charge is -2.28. The minimum atomic E-state index is 0.0891. The van der Waals surface area contributed by atoms with E-state index in [1.807, 2.05) is 38.4 Å². The van der Waals surface area contributed by atoms with E-state index < -0.39 is 0 Å². The summed E-state index contributed by atoms with van der Waals surface area (Å²) in [6, 6.07) is 4.51. The van der Waals surface area contributed by atoms with Gasteiger partial charge in [0.15, 0.2) is 0 Å². The predicted octanol–water partition coefficient (Wildman–Crippen LogP) is 2.90. The maximum Gasteiger partial charge on any atom is 0.225 e. The first-order valence-corrected chi connectivity index (χ1v) is 8.05. The Labute approximate surface area is 127 Å². The Kier molecular flexibility index (Phi) is 5.74. The summed E-state index contributed by atoms with van der Waals surface area (Å²) in [5, 5.41) is 0. The van der Waals surface area contributed by atoms with Gasteiger partial charge in [-0.1, -0.05) is 13.3 Å². The van der Waals surface area contributed by atoms with E-state index in [-0.39, 0.29) is 18.0 Å². The summed E-state index contributed by atoms with van der Waals surface area (Å²) in [4.78, 5) is 18.8. The van der Waals surface area contributed by atoms with Crippen LogP contribution >= 0.6 is 0 Å². The van der Waals surface area contributed by atoms with Crippen LogP contribution < -0.4 is 5.73 Å². The third-order valence-electron chi connectivity index (χ3n) is 4.34. The molecular formula is C17H27N3O. The van der Waals surface area contributed by atoms with Gasteiger partial charge in [0.25, 0.3) is 0 Å². The second-order valence-corrected chi connectivity index (χ2v) is 6.28. The molecule has 1 fully saturated rings. The number of nitrogens with zero attached hydrogens (tertiary/aromatic N) is 2. The molecule has 1 aromatic heterocycles. The average Bonchev–Trinajstić information content (AvgIpc) is 2.96. The number of pyridine rings is 1. The van der Waals surface area contributed by atoms with E-state index in [2.05, 4.69) is 9.88 Å². The van der Waals surface area contributed by atoms with E-state index in [4.69, 9.17) is 5.73 Å². The van der Waals surface area contributed by atoms with Crippen LogP contribution in [0.15, 0.2) is 24.5 Å². The number of likely N-dealkylation sites (tertiary alicyclic amines) is 1. The molecule has 1 amide bonds. The van der Waals surface area contributed by atoms with Gasteiger partial charge in [-0.15, -0.1) is 0 Å². The molecule has 0 radical (unpaired) electrons. The highest BCUT2D eigenvalue weighted by Crippen LogP contribution is 2.33. The molecule has 1 aromatic rings. The van der Waals surface area contributed by atoms with Gasteiger partial charge >= 0.3 is 0 Å². The SMILES string of the molecule is CC(N)CCCC(C)C(=O)N1CCCC1c1ccncc1. The molecule has 21 heavy (non-hydrogen) atoms. The summed E-state index contributed by atoms with van der Waals surface area (Å²) in [5.41, 5.74) is 6.98. The average molecular weight is 289 g/mol. The number of carbonyl (C=O) groups excluding carboxylic acids is 1. The summed E-state index contributed by atoms with van der Waals surface area (Å²) >= 11 is 0. The molecule has 4 nitrogen and oxygen atoms in total.